The van der Waals surface area contributed by atoms with Crippen LogP contribution in [0.15, 0.2) is 0 Å². The molecule has 0 saturated heterocycles. The van der Waals surface area contributed by atoms with Crippen LogP contribution in [0.1, 0.15) is 6.92 Å². The number of hydrogen-bond donors (Lipinski definition) is 2. The Kier molecular flexibility index (Phi) is 6.82. The molecule has 1 radical (unpaired) electrons. The third-order valence-corrected chi connectivity index (χ3v) is 0.357. The van der Waals surface area contributed by atoms with E-state index in [0.717, 1.165) is 0 Å². The van der Waals surface area contributed by atoms with Gasteiger partial charge in [-0.25, -0.2) is 4.79 Å². The molecular formula is C3H6NaO3. The standard InChI is InChI=1S/C3H6O3.Na/c1-2(4)3(5)6;/h2,4H,1H3,(H,5,6);/i3+2;. The van der Waals surface area contributed by atoms with Crippen molar-refractivity contribution in [1.29, 1.82) is 0 Å². The smallest absolute Gasteiger partial charge is 0.332 e. The normalized spacial score (nSPS) is 11.7. The van der Waals surface area contributed by atoms with Gasteiger partial charge < -0.3 is 10.2 Å². The summed E-state index contributed by atoms with van der Waals surface area (Å²) in [6, 6.07) is 0. The van der Waals surface area contributed by atoms with Crippen LogP contribution >= 0.6 is 0 Å². The number of carboxylic acids is 1. The van der Waals surface area contributed by atoms with Crippen LogP contribution < -0.4 is 0 Å². The zero-order valence-corrected chi connectivity index (χ0v) is 6.38. The first kappa shape index (κ1) is 10.4. The molecule has 0 aromatic carbocycles. The second kappa shape index (κ2) is 4.59. The third kappa shape index (κ3) is 6.43. The fourth-order valence-electron chi connectivity index (χ4n) is 0. The summed E-state index contributed by atoms with van der Waals surface area (Å²) in [6.07, 6.45) is -1.23. The van der Waals surface area contributed by atoms with E-state index < -0.39 is 12.1 Å². The van der Waals surface area contributed by atoms with Crippen molar-refractivity contribution in [3.05, 3.63) is 0 Å². The van der Waals surface area contributed by atoms with Gasteiger partial charge in [0.15, 0.2) is 0 Å². The van der Waals surface area contributed by atoms with E-state index in [4.69, 9.17) is 10.2 Å². The molecule has 0 aromatic heterocycles. The van der Waals surface area contributed by atoms with Gasteiger partial charge in [-0.1, -0.05) is 0 Å². The number of aliphatic hydroxyl groups is 1. The van der Waals surface area contributed by atoms with E-state index >= 15 is 0 Å². The number of hydrogen-bond acceptors (Lipinski definition) is 2. The summed E-state index contributed by atoms with van der Waals surface area (Å²) < 4.78 is 0. The van der Waals surface area contributed by atoms with E-state index in [1.165, 1.54) is 6.92 Å². The average molecular weight is 115 g/mol. The molecule has 37 valence electrons. The molecule has 0 saturated carbocycles. The van der Waals surface area contributed by atoms with Crippen molar-refractivity contribution in [2.75, 3.05) is 0 Å². The summed E-state index contributed by atoms with van der Waals surface area (Å²) in [5, 5.41) is 15.8. The van der Waals surface area contributed by atoms with Gasteiger partial charge in [-0.3, -0.25) is 0 Å². The molecule has 0 fully saturated rings. The maximum absolute atomic E-state index is 9.45. The summed E-state index contributed by atoms with van der Waals surface area (Å²) >= 11 is 0. The summed E-state index contributed by atoms with van der Waals surface area (Å²) in [7, 11) is 0. The second-order valence-corrected chi connectivity index (χ2v) is 1.01. The Morgan fingerprint density at radius 3 is 1.86 bits per heavy atom. The zero-order chi connectivity index (χ0) is 5.15. The molecule has 0 aliphatic heterocycles. The maximum Gasteiger partial charge on any atom is 0.332 e. The minimum Gasteiger partial charge on any atom is -0.479 e. The molecule has 0 aliphatic carbocycles. The van der Waals surface area contributed by atoms with Gasteiger partial charge in [0.1, 0.15) is 6.10 Å². The minimum atomic E-state index is -1.23. The summed E-state index contributed by atoms with van der Waals surface area (Å²) in [6.45, 7) is 1.20. The Morgan fingerprint density at radius 1 is 1.71 bits per heavy atom. The molecule has 1 atom stereocenters. The summed E-state index contributed by atoms with van der Waals surface area (Å²) in [5.74, 6) is -1.19. The van der Waals surface area contributed by atoms with Gasteiger partial charge in [-0.05, 0) is 6.92 Å². The van der Waals surface area contributed by atoms with Crippen molar-refractivity contribution >= 4 is 35.5 Å². The third-order valence-electron chi connectivity index (χ3n) is 0.357. The summed E-state index contributed by atoms with van der Waals surface area (Å²) in [4.78, 5) is 9.45. The Hall–Kier alpha value is 0.430. The van der Waals surface area contributed by atoms with Crippen molar-refractivity contribution in [3.8, 4) is 0 Å². The predicted octanol–water partition coefficient (Wildman–Crippen LogP) is -0.929. The molecule has 0 bridgehead atoms. The number of aliphatic carboxylic acids is 1. The SMILES string of the molecule is CC(O)[14C](=O)O.[Na]. The first-order valence-corrected chi connectivity index (χ1v) is 1.55. The molecule has 0 amide bonds. The quantitative estimate of drug-likeness (QED) is 0.434. The molecule has 7 heavy (non-hydrogen) atoms. The monoisotopic (exact) mass is 115 g/mol. The fourth-order valence-corrected chi connectivity index (χ4v) is 0. The van der Waals surface area contributed by atoms with E-state index in [2.05, 4.69) is 0 Å². The molecule has 1 unspecified atom stereocenters. The Balaban J connectivity index is 0. The van der Waals surface area contributed by atoms with Crippen LogP contribution in [-0.2, 0) is 4.79 Å². The molecule has 0 rings (SSSR count). The van der Waals surface area contributed by atoms with Crippen molar-refractivity contribution < 1.29 is 15.0 Å². The fraction of sp³-hybridized carbons (Fsp3) is 0.667. The summed E-state index contributed by atoms with van der Waals surface area (Å²) in [5.41, 5.74) is 0. The van der Waals surface area contributed by atoms with Crippen LogP contribution in [0.2, 0.25) is 0 Å². The van der Waals surface area contributed by atoms with Crippen molar-refractivity contribution in [3.63, 3.8) is 0 Å². The Labute approximate surface area is 63.6 Å². The minimum absolute atomic E-state index is 0. The van der Waals surface area contributed by atoms with E-state index in [-0.39, 0.29) is 29.6 Å². The topological polar surface area (TPSA) is 57.5 Å². The van der Waals surface area contributed by atoms with Crippen LogP contribution in [0.25, 0.3) is 0 Å². The van der Waals surface area contributed by atoms with Crippen molar-refractivity contribution in [1.82, 2.24) is 0 Å². The first-order valence-electron chi connectivity index (χ1n) is 1.55. The second-order valence-electron chi connectivity index (χ2n) is 1.01. The predicted molar refractivity (Wildman–Crippen MR) is 25.1 cm³/mol. The van der Waals surface area contributed by atoms with Gasteiger partial charge in [-0.15, -0.1) is 0 Å². The number of carboxylic acid groups (broad SMARTS) is 1. The van der Waals surface area contributed by atoms with Gasteiger partial charge in [0, 0.05) is 29.6 Å². The number of aliphatic hydroxyl groups excluding tert-OH is 1. The van der Waals surface area contributed by atoms with Crippen LogP contribution in [0.3, 0.4) is 0 Å². The van der Waals surface area contributed by atoms with Gasteiger partial charge in [-0.2, -0.15) is 0 Å². The molecule has 0 spiro atoms. The van der Waals surface area contributed by atoms with Gasteiger partial charge in [0.2, 0.25) is 0 Å². The Bertz CT molecular complexity index is 61.2. The van der Waals surface area contributed by atoms with E-state index in [9.17, 15) is 4.79 Å². The first-order chi connectivity index (χ1) is 2.64. The van der Waals surface area contributed by atoms with E-state index in [1.807, 2.05) is 0 Å². The van der Waals surface area contributed by atoms with Gasteiger partial charge >= 0.3 is 5.97 Å². The molecule has 0 heterocycles. The van der Waals surface area contributed by atoms with Gasteiger partial charge in [0.25, 0.3) is 0 Å². The van der Waals surface area contributed by atoms with Crippen LogP contribution in [0.5, 0.6) is 0 Å². The molecule has 0 aromatic rings. The average Bonchev–Trinajstić information content (AvgIpc) is 1.36. The molecule has 3 nitrogen and oxygen atoms in total. The number of carbonyl (C=O) groups is 1. The van der Waals surface area contributed by atoms with Crippen molar-refractivity contribution in [2.24, 2.45) is 0 Å². The molecular weight excluding hydrogens is 109 g/mol. The van der Waals surface area contributed by atoms with E-state index in [0.29, 0.717) is 0 Å². The van der Waals surface area contributed by atoms with Crippen LogP contribution in [0.4, 0.5) is 0 Å². The maximum atomic E-state index is 9.45. The van der Waals surface area contributed by atoms with Crippen molar-refractivity contribution in [2.45, 2.75) is 13.0 Å². The number of rotatable bonds is 1. The zero-order valence-electron chi connectivity index (χ0n) is 4.38. The molecule has 0 aliphatic rings. The van der Waals surface area contributed by atoms with Crippen LogP contribution in [0, 0.1) is 0 Å². The largest absolute Gasteiger partial charge is 0.479 e. The van der Waals surface area contributed by atoms with Crippen LogP contribution in [-0.4, -0.2) is 51.8 Å². The van der Waals surface area contributed by atoms with Gasteiger partial charge in [0.05, 0.1) is 0 Å². The molecule has 4 heteroatoms. The van der Waals surface area contributed by atoms with E-state index in [1.54, 1.807) is 0 Å². The Morgan fingerprint density at radius 2 is 1.86 bits per heavy atom. The molecule has 2 N–H and O–H groups in total.